The van der Waals surface area contributed by atoms with Gasteiger partial charge >= 0.3 is 5.97 Å². The van der Waals surface area contributed by atoms with E-state index in [1.165, 1.54) is 6.07 Å². The fourth-order valence-electron chi connectivity index (χ4n) is 1.92. The van der Waals surface area contributed by atoms with Gasteiger partial charge in [-0.2, -0.15) is 5.10 Å². The molecule has 1 amide bonds. The first-order valence-corrected chi connectivity index (χ1v) is 8.47. The van der Waals surface area contributed by atoms with Crippen LogP contribution in [0.2, 0.25) is 10.0 Å². The molecule has 7 nitrogen and oxygen atoms in total. The summed E-state index contributed by atoms with van der Waals surface area (Å²) in [5, 5.41) is 13.3. The summed E-state index contributed by atoms with van der Waals surface area (Å²) in [7, 11) is 0. The lowest BCUT2D eigenvalue weighted by Crippen LogP contribution is -2.25. The van der Waals surface area contributed by atoms with Crippen LogP contribution in [0, 0.1) is 0 Å². The quantitative estimate of drug-likeness (QED) is 0.513. The monoisotopic (exact) mass is 410 g/mol. The number of carbonyl (C=O) groups is 2. The van der Waals surface area contributed by atoms with Crippen molar-refractivity contribution in [3.05, 3.63) is 58.1 Å². The number of nitrogens with one attached hydrogen (secondary N) is 1. The molecular weight excluding hydrogens is 395 g/mol. The van der Waals surface area contributed by atoms with Crippen LogP contribution in [0.5, 0.6) is 11.5 Å². The minimum Gasteiger partial charge on any atom is -0.482 e. The summed E-state index contributed by atoms with van der Waals surface area (Å²) in [5.41, 5.74) is 3.67. The van der Waals surface area contributed by atoms with Gasteiger partial charge in [0.15, 0.2) is 13.2 Å². The Balaban J connectivity index is 1.86. The smallest absolute Gasteiger partial charge is 0.341 e. The number of hydrogen-bond acceptors (Lipinski definition) is 5. The third-order valence-corrected chi connectivity index (χ3v) is 3.77. The molecule has 2 N–H and O–H groups in total. The zero-order valence-electron chi connectivity index (χ0n) is 14.2. The maximum Gasteiger partial charge on any atom is 0.341 e. The second-order valence-corrected chi connectivity index (χ2v) is 6.15. The van der Waals surface area contributed by atoms with Gasteiger partial charge in [-0.15, -0.1) is 0 Å². The number of hydrazone groups is 1. The summed E-state index contributed by atoms with van der Waals surface area (Å²) < 4.78 is 10.4. The lowest BCUT2D eigenvalue weighted by Gasteiger charge is -2.08. The number of halogens is 2. The molecule has 0 radical (unpaired) electrons. The highest BCUT2D eigenvalue weighted by atomic mass is 35.5. The zero-order chi connectivity index (χ0) is 19.8. The van der Waals surface area contributed by atoms with E-state index < -0.39 is 18.5 Å². The van der Waals surface area contributed by atoms with Crippen molar-refractivity contribution in [3.8, 4) is 11.5 Å². The molecule has 0 saturated heterocycles. The lowest BCUT2D eigenvalue weighted by atomic mass is 10.1. The summed E-state index contributed by atoms with van der Waals surface area (Å²) >= 11 is 11.8. The molecule has 27 heavy (non-hydrogen) atoms. The number of carboxylic acids is 1. The largest absolute Gasteiger partial charge is 0.482 e. The van der Waals surface area contributed by atoms with Gasteiger partial charge in [-0.3, -0.25) is 4.79 Å². The predicted molar refractivity (Wildman–Crippen MR) is 102 cm³/mol. The molecule has 2 aromatic carbocycles. The summed E-state index contributed by atoms with van der Waals surface area (Å²) in [5.74, 6) is -0.747. The van der Waals surface area contributed by atoms with E-state index in [4.69, 9.17) is 37.8 Å². The Morgan fingerprint density at radius 1 is 1.07 bits per heavy atom. The molecule has 0 unspecified atom stereocenters. The van der Waals surface area contributed by atoms with E-state index in [1.54, 1.807) is 43.3 Å². The first-order chi connectivity index (χ1) is 12.8. The topological polar surface area (TPSA) is 97.2 Å². The van der Waals surface area contributed by atoms with E-state index in [0.717, 1.165) is 5.56 Å². The number of nitrogens with zero attached hydrogens (tertiary/aromatic N) is 1. The van der Waals surface area contributed by atoms with E-state index in [2.05, 4.69) is 10.5 Å². The third-order valence-electron chi connectivity index (χ3n) is 3.24. The molecule has 0 aliphatic carbocycles. The van der Waals surface area contributed by atoms with Crippen molar-refractivity contribution in [1.82, 2.24) is 5.43 Å². The summed E-state index contributed by atoms with van der Waals surface area (Å²) in [6, 6.07) is 11.3. The maximum absolute atomic E-state index is 11.8. The molecule has 0 spiro atoms. The molecule has 0 fully saturated rings. The Bertz CT molecular complexity index is 853. The van der Waals surface area contributed by atoms with Crippen molar-refractivity contribution in [2.75, 3.05) is 13.2 Å². The van der Waals surface area contributed by atoms with Crippen LogP contribution in [-0.4, -0.2) is 35.9 Å². The highest BCUT2D eigenvalue weighted by Gasteiger charge is 2.07. The van der Waals surface area contributed by atoms with Crippen LogP contribution in [-0.2, 0) is 9.59 Å². The predicted octanol–water partition coefficient (Wildman–Crippen LogP) is 3.38. The van der Waals surface area contributed by atoms with Gasteiger partial charge in [0.25, 0.3) is 5.91 Å². The average Bonchev–Trinajstić information content (AvgIpc) is 2.64. The van der Waals surface area contributed by atoms with Crippen LogP contribution < -0.4 is 14.9 Å². The molecule has 2 rings (SSSR count). The number of hydrogen-bond donors (Lipinski definition) is 2. The number of carbonyl (C=O) groups excluding carboxylic acids is 1. The van der Waals surface area contributed by atoms with E-state index in [-0.39, 0.29) is 6.61 Å². The molecule has 0 aliphatic rings. The van der Waals surface area contributed by atoms with Gasteiger partial charge in [-0.25, -0.2) is 10.2 Å². The third kappa shape index (κ3) is 6.80. The highest BCUT2D eigenvalue weighted by molar-refractivity contribution is 6.35. The molecule has 2 aromatic rings. The number of amides is 1. The van der Waals surface area contributed by atoms with Crippen molar-refractivity contribution in [3.63, 3.8) is 0 Å². The summed E-state index contributed by atoms with van der Waals surface area (Å²) in [4.78, 5) is 22.3. The van der Waals surface area contributed by atoms with E-state index in [0.29, 0.717) is 27.3 Å². The van der Waals surface area contributed by atoms with E-state index >= 15 is 0 Å². The number of carboxylic acid groups (broad SMARTS) is 1. The summed E-state index contributed by atoms with van der Waals surface area (Å²) in [6.45, 7) is 1.03. The number of ether oxygens (including phenoxy) is 2. The minimum atomic E-state index is -1.05. The Labute approximate surface area is 165 Å². The van der Waals surface area contributed by atoms with Crippen LogP contribution in [0.3, 0.4) is 0 Å². The van der Waals surface area contributed by atoms with Crippen molar-refractivity contribution < 1.29 is 24.2 Å². The molecule has 0 aliphatic heterocycles. The first-order valence-electron chi connectivity index (χ1n) is 7.71. The molecule has 0 aromatic heterocycles. The van der Waals surface area contributed by atoms with Gasteiger partial charge in [-0.1, -0.05) is 23.2 Å². The Hall–Kier alpha value is -2.77. The molecular formula is C18H16Cl2N2O5. The molecule has 0 bridgehead atoms. The van der Waals surface area contributed by atoms with Gasteiger partial charge in [-0.05, 0) is 55.0 Å². The SMILES string of the molecule is C/C(=N/NC(=O)COc1ccc(Cl)cc1Cl)c1ccc(OCC(=O)O)cc1. The number of rotatable bonds is 8. The number of benzene rings is 2. The van der Waals surface area contributed by atoms with Crippen LogP contribution in [0.1, 0.15) is 12.5 Å². The van der Waals surface area contributed by atoms with Gasteiger partial charge in [0.1, 0.15) is 11.5 Å². The van der Waals surface area contributed by atoms with Gasteiger partial charge in [0.2, 0.25) is 0 Å². The Morgan fingerprint density at radius 2 is 1.78 bits per heavy atom. The highest BCUT2D eigenvalue weighted by Crippen LogP contribution is 2.27. The lowest BCUT2D eigenvalue weighted by molar-refractivity contribution is -0.139. The average molecular weight is 411 g/mol. The molecule has 142 valence electrons. The molecule has 0 saturated carbocycles. The number of aliphatic carboxylic acids is 1. The fourth-order valence-corrected chi connectivity index (χ4v) is 2.38. The Kier molecular flexibility index (Phi) is 7.45. The standard InChI is InChI=1S/C18H16Cl2N2O5/c1-11(12-2-5-14(6-3-12)26-10-18(24)25)21-22-17(23)9-27-16-7-4-13(19)8-15(16)20/h2-8H,9-10H2,1H3,(H,22,23)(H,24,25)/b21-11-. The fraction of sp³-hybridized carbons (Fsp3) is 0.167. The van der Waals surface area contributed by atoms with Crippen molar-refractivity contribution in [1.29, 1.82) is 0 Å². The van der Waals surface area contributed by atoms with Crippen LogP contribution >= 0.6 is 23.2 Å². The van der Waals surface area contributed by atoms with Crippen LogP contribution in [0.15, 0.2) is 47.6 Å². The van der Waals surface area contributed by atoms with Gasteiger partial charge in [0.05, 0.1) is 10.7 Å². The van der Waals surface area contributed by atoms with Crippen LogP contribution in [0.25, 0.3) is 0 Å². The molecule has 9 heteroatoms. The van der Waals surface area contributed by atoms with Crippen molar-refractivity contribution in [2.24, 2.45) is 5.10 Å². The van der Waals surface area contributed by atoms with Crippen LogP contribution in [0.4, 0.5) is 0 Å². The molecule has 0 heterocycles. The van der Waals surface area contributed by atoms with Crippen molar-refractivity contribution in [2.45, 2.75) is 6.92 Å². The first kappa shape index (κ1) is 20.5. The molecule has 0 atom stereocenters. The zero-order valence-corrected chi connectivity index (χ0v) is 15.8. The Morgan fingerprint density at radius 3 is 2.41 bits per heavy atom. The van der Waals surface area contributed by atoms with E-state index in [9.17, 15) is 9.59 Å². The van der Waals surface area contributed by atoms with Crippen molar-refractivity contribution >= 4 is 40.8 Å². The van der Waals surface area contributed by atoms with E-state index in [1.807, 2.05) is 0 Å². The van der Waals surface area contributed by atoms with Gasteiger partial charge in [0, 0.05) is 5.02 Å². The second-order valence-electron chi connectivity index (χ2n) is 5.30. The summed E-state index contributed by atoms with van der Waals surface area (Å²) in [6.07, 6.45) is 0. The maximum atomic E-state index is 11.8. The normalized spacial score (nSPS) is 11.0. The van der Waals surface area contributed by atoms with Gasteiger partial charge < -0.3 is 14.6 Å². The minimum absolute atomic E-state index is 0.264. The second kappa shape index (κ2) is 9.80.